The highest BCUT2D eigenvalue weighted by molar-refractivity contribution is 5.16. The topological polar surface area (TPSA) is 32.3 Å². The molecule has 2 nitrogen and oxygen atoms in total. The monoisotopic (exact) mass is 259 g/mol. The second-order valence-corrected chi connectivity index (χ2v) is 6.31. The van der Waals surface area contributed by atoms with Gasteiger partial charge in [0.2, 0.25) is 0 Å². The fourth-order valence-corrected chi connectivity index (χ4v) is 3.27. The smallest absolute Gasteiger partial charge is 0.0541 e. The summed E-state index contributed by atoms with van der Waals surface area (Å²) < 4.78 is 0. The summed E-state index contributed by atoms with van der Waals surface area (Å²) in [5, 5.41) is 13.5. The van der Waals surface area contributed by atoms with Crippen LogP contribution in [0, 0.1) is 5.92 Å². The number of aliphatic hydroxyl groups is 1. The number of rotatable bonds is 5. The van der Waals surface area contributed by atoms with Gasteiger partial charge in [0.15, 0.2) is 0 Å². The minimum Gasteiger partial charge on any atom is -0.393 e. The highest BCUT2D eigenvalue weighted by Crippen LogP contribution is 2.35. The molecule has 0 amide bonds. The first-order valence-corrected chi connectivity index (χ1v) is 7.79. The summed E-state index contributed by atoms with van der Waals surface area (Å²) in [7, 11) is 0. The Hall–Kier alpha value is -0.860. The molecular weight excluding hydrogens is 234 g/mol. The molecule has 2 aliphatic rings. The normalized spacial score (nSPS) is 29.1. The molecule has 0 radical (unpaired) electrons. The Kier molecular flexibility index (Phi) is 4.19. The van der Waals surface area contributed by atoms with E-state index in [9.17, 15) is 5.11 Å². The van der Waals surface area contributed by atoms with E-state index in [-0.39, 0.29) is 6.10 Å². The van der Waals surface area contributed by atoms with Crippen LogP contribution >= 0.6 is 0 Å². The Balaban J connectivity index is 1.56. The molecule has 2 saturated carbocycles. The van der Waals surface area contributed by atoms with Crippen molar-refractivity contribution >= 4 is 0 Å². The van der Waals surface area contributed by atoms with E-state index in [4.69, 9.17) is 0 Å². The minimum atomic E-state index is -0.0495. The fraction of sp³-hybridized carbons (Fsp3) is 0.647. The quantitative estimate of drug-likeness (QED) is 0.852. The molecule has 1 unspecified atom stereocenters. The minimum absolute atomic E-state index is 0.0495. The molecule has 2 fully saturated rings. The Bertz CT molecular complexity index is 380. The molecule has 0 heterocycles. The lowest BCUT2D eigenvalue weighted by atomic mass is 9.91. The van der Waals surface area contributed by atoms with E-state index < -0.39 is 0 Å². The maximum absolute atomic E-state index is 9.59. The molecule has 0 bridgehead atoms. The van der Waals surface area contributed by atoms with Gasteiger partial charge >= 0.3 is 0 Å². The van der Waals surface area contributed by atoms with Gasteiger partial charge in [0.05, 0.1) is 6.10 Å². The van der Waals surface area contributed by atoms with Crippen LogP contribution in [0.3, 0.4) is 0 Å². The van der Waals surface area contributed by atoms with Gasteiger partial charge in [-0.25, -0.2) is 0 Å². The van der Waals surface area contributed by atoms with Gasteiger partial charge in [-0.3, -0.25) is 0 Å². The van der Waals surface area contributed by atoms with Crippen LogP contribution in [-0.2, 0) is 6.42 Å². The van der Waals surface area contributed by atoms with Gasteiger partial charge in [-0.05, 0) is 56.4 Å². The molecule has 1 atom stereocenters. The summed E-state index contributed by atoms with van der Waals surface area (Å²) >= 11 is 0. The van der Waals surface area contributed by atoms with Crippen molar-refractivity contribution in [2.45, 2.75) is 63.1 Å². The van der Waals surface area contributed by atoms with E-state index in [1.54, 1.807) is 0 Å². The molecule has 0 aliphatic heterocycles. The molecular formula is C17H25NO. The molecule has 0 spiro atoms. The lowest BCUT2D eigenvalue weighted by molar-refractivity contribution is 0.113. The standard InChI is InChI=1S/C17H25NO/c19-16-10-8-15(9-11-16)18-17(14-6-7-14)12-13-4-2-1-3-5-13/h1-5,14-19H,6-12H2. The van der Waals surface area contributed by atoms with Crippen LogP contribution in [0.1, 0.15) is 44.1 Å². The van der Waals surface area contributed by atoms with Gasteiger partial charge in [-0.1, -0.05) is 30.3 Å². The van der Waals surface area contributed by atoms with Crippen molar-refractivity contribution in [1.82, 2.24) is 5.32 Å². The Morgan fingerprint density at radius 3 is 2.32 bits per heavy atom. The largest absolute Gasteiger partial charge is 0.393 e. The van der Waals surface area contributed by atoms with Gasteiger partial charge in [0.1, 0.15) is 0 Å². The van der Waals surface area contributed by atoms with E-state index >= 15 is 0 Å². The number of hydrogen-bond acceptors (Lipinski definition) is 2. The maximum Gasteiger partial charge on any atom is 0.0541 e. The molecule has 3 rings (SSSR count). The zero-order valence-electron chi connectivity index (χ0n) is 11.6. The van der Waals surface area contributed by atoms with Crippen LogP contribution in [0.5, 0.6) is 0 Å². The van der Waals surface area contributed by atoms with E-state index in [1.165, 1.54) is 18.4 Å². The van der Waals surface area contributed by atoms with Crippen molar-refractivity contribution in [3.63, 3.8) is 0 Å². The van der Waals surface area contributed by atoms with Crippen LogP contribution in [0.4, 0.5) is 0 Å². The van der Waals surface area contributed by atoms with Crippen molar-refractivity contribution in [2.75, 3.05) is 0 Å². The third kappa shape index (κ3) is 3.80. The average molecular weight is 259 g/mol. The summed E-state index contributed by atoms with van der Waals surface area (Å²) in [6.07, 6.45) is 8.11. The van der Waals surface area contributed by atoms with Crippen LogP contribution in [0.25, 0.3) is 0 Å². The van der Waals surface area contributed by atoms with E-state index in [0.717, 1.165) is 38.0 Å². The molecule has 19 heavy (non-hydrogen) atoms. The molecule has 2 aliphatic carbocycles. The van der Waals surface area contributed by atoms with Crippen molar-refractivity contribution in [3.8, 4) is 0 Å². The van der Waals surface area contributed by atoms with Crippen LogP contribution in [0.2, 0.25) is 0 Å². The molecule has 0 saturated heterocycles. The number of benzene rings is 1. The van der Waals surface area contributed by atoms with Gasteiger partial charge < -0.3 is 10.4 Å². The molecule has 2 N–H and O–H groups in total. The van der Waals surface area contributed by atoms with Crippen molar-refractivity contribution < 1.29 is 5.11 Å². The Morgan fingerprint density at radius 2 is 1.68 bits per heavy atom. The Labute approximate surface area is 116 Å². The summed E-state index contributed by atoms with van der Waals surface area (Å²) in [5.74, 6) is 0.882. The van der Waals surface area contributed by atoms with Crippen molar-refractivity contribution in [3.05, 3.63) is 35.9 Å². The number of nitrogens with one attached hydrogen (secondary N) is 1. The van der Waals surface area contributed by atoms with Crippen LogP contribution in [0.15, 0.2) is 30.3 Å². The molecule has 1 aromatic carbocycles. The first-order valence-electron chi connectivity index (χ1n) is 7.79. The summed E-state index contributed by atoms with van der Waals surface area (Å²) in [4.78, 5) is 0. The van der Waals surface area contributed by atoms with Gasteiger partial charge in [-0.15, -0.1) is 0 Å². The zero-order valence-corrected chi connectivity index (χ0v) is 11.6. The van der Waals surface area contributed by atoms with Crippen molar-refractivity contribution in [1.29, 1.82) is 0 Å². The maximum atomic E-state index is 9.59. The summed E-state index contributed by atoms with van der Waals surface area (Å²) in [6.45, 7) is 0. The highest BCUT2D eigenvalue weighted by Gasteiger charge is 2.33. The van der Waals surface area contributed by atoms with Gasteiger partial charge in [0.25, 0.3) is 0 Å². The predicted molar refractivity (Wildman–Crippen MR) is 78.1 cm³/mol. The highest BCUT2D eigenvalue weighted by atomic mass is 16.3. The third-order valence-corrected chi connectivity index (χ3v) is 4.64. The molecule has 104 valence electrons. The van der Waals surface area contributed by atoms with Crippen LogP contribution < -0.4 is 5.32 Å². The first-order chi connectivity index (χ1) is 9.31. The SMILES string of the molecule is OC1CCC(NC(Cc2ccccc2)C2CC2)CC1. The first kappa shape index (κ1) is 13.1. The third-order valence-electron chi connectivity index (χ3n) is 4.64. The Morgan fingerprint density at radius 1 is 1.00 bits per heavy atom. The fourth-order valence-electron chi connectivity index (χ4n) is 3.27. The second kappa shape index (κ2) is 6.06. The number of hydrogen-bond donors (Lipinski definition) is 2. The zero-order chi connectivity index (χ0) is 13.1. The second-order valence-electron chi connectivity index (χ2n) is 6.31. The van der Waals surface area contributed by atoms with Gasteiger partial charge in [0, 0.05) is 12.1 Å². The number of aliphatic hydroxyl groups excluding tert-OH is 1. The lowest BCUT2D eigenvalue weighted by Crippen LogP contribution is -2.43. The average Bonchev–Trinajstić information content (AvgIpc) is 3.26. The summed E-state index contributed by atoms with van der Waals surface area (Å²) in [6, 6.07) is 12.1. The van der Waals surface area contributed by atoms with E-state index in [2.05, 4.69) is 35.6 Å². The van der Waals surface area contributed by atoms with E-state index in [1.807, 2.05) is 0 Å². The molecule has 0 aromatic heterocycles. The van der Waals surface area contributed by atoms with Crippen LogP contribution in [-0.4, -0.2) is 23.3 Å². The molecule has 1 aromatic rings. The predicted octanol–water partition coefficient (Wildman–Crippen LogP) is 2.90. The van der Waals surface area contributed by atoms with Gasteiger partial charge in [-0.2, -0.15) is 0 Å². The van der Waals surface area contributed by atoms with E-state index in [0.29, 0.717) is 12.1 Å². The lowest BCUT2D eigenvalue weighted by Gasteiger charge is -2.30. The van der Waals surface area contributed by atoms with Crippen molar-refractivity contribution in [2.24, 2.45) is 5.92 Å². The summed E-state index contributed by atoms with van der Waals surface area (Å²) in [5.41, 5.74) is 1.45. The molecule has 2 heteroatoms.